The van der Waals surface area contributed by atoms with Gasteiger partial charge in [-0.2, -0.15) is 0 Å². The van der Waals surface area contributed by atoms with E-state index in [-0.39, 0.29) is 5.82 Å². The fraction of sp³-hybridized carbons (Fsp3) is 0.333. The summed E-state index contributed by atoms with van der Waals surface area (Å²) < 4.78 is 18.5. The van der Waals surface area contributed by atoms with Crippen LogP contribution in [-0.4, -0.2) is 6.04 Å². The lowest BCUT2D eigenvalue weighted by atomic mass is 10.2. The van der Waals surface area contributed by atoms with Gasteiger partial charge in [0.25, 0.3) is 0 Å². The highest BCUT2D eigenvalue weighted by Crippen LogP contribution is 2.22. The Balaban J connectivity index is 1.54. The maximum absolute atomic E-state index is 12.8. The van der Waals surface area contributed by atoms with Crippen molar-refractivity contribution in [3.8, 4) is 11.5 Å². The average molecular weight is 285 g/mol. The zero-order valence-electron chi connectivity index (χ0n) is 12.0. The Hall–Kier alpha value is -1.87. The van der Waals surface area contributed by atoms with Gasteiger partial charge in [0.15, 0.2) is 0 Å². The predicted molar refractivity (Wildman–Crippen MR) is 82.0 cm³/mol. The molecule has 1 fully saturated rings. The second-order valence-electron chi connectivity index (χ2n) is 5.56. The molecule has 3 rings (SSSR count). The number of hydrogen-bond acceptors (Lipinski definition) is 2. The van der Waals surface area contributed by atoms with Gasteiger partial charge in [0.1, 0.15) is 17.3 Å². The zero-order valence-corrected chi connectivity index (χ0v) is 12.0. The van der Waals surface area contributed by atoms with Crippen LogP contribution in [0.15, 0.2) is 48.5 Å². The summed E-state index contributed by atoms with van der Waals surface area (Å²) in [6.45, 7) is 0.904. The van der Waals surface area contributed by atoms with Crippen LogP contribution in [0.1, 0.15) is 31.2 Å². The van der Waals surface area contributed by atoms with E-state index < -0.39 is 0 Å². The number of ether oxygens (including phenoxy) is 1. The highest BCUT2D eigenvalue weighted by molar-refractivity contribution is 5.33. The van der Waals surface area contributed by atoms with E-state index in [4.69, 9.17) is 4.74 Å². The molecule has 2 aromatic rings. The Kier molecular flexibility index (Phi) is 4.51. The normalized spacial score (nSPS) is 15.3. The third kappa shape index (κ3) is 4.05. The van der Waals surface area contributed by atoms with Crippen molar-refractivity contribution in [2.24, 2.45) is 0 Å². The minimum atomic E-state index is -0.254. The summed E-state index contributed by atoms with van der Waals surface area (Å²) in [6, 6.07) is 14.8. The molecule has 0 aliphatic heterocycles. The highest BCUT2D eigenvalue weighted by Gasteiger charge is 2.13. The fourth-order valence-electron chi connectivity index (χ4n) is 2.71. The van der Waals surface area contributed by atoms with Gasteiger partial charge in [-0.1, -0.05) is 25.0 Å². The fourth-order valence-corrected chi connectivity index (χ4v) is 2.71. The van der Waals surface area contributed by atoms with Gasteiger partial charge in [0.2, 0.25) is 0 Å². The second kappa shape index (κ2) is 6.72. The van der Waals surface area contributed by atoms with Gasteiger partial charge in [-0.15, -0.1) is 0 Å². The van der Waals surface area contributed by atoms with Crippen molar-refractivity contribution in [3.63, 3.8) is 0 Å². The first kappa shape index (κ1) is 14.1. The molecule has 0 bridgehead atoms. The van der Waals surface area contributed by atoms with Crippen molar-refractivity contribution in [1.82, 2.24) is 5.32 Å². The summed E-state index contributed by atoms with van der Waals surface area (Å²) >= 11 is 0. The Morgan fingerprint density at radius 3 is 2.10 bits per heavy atom. The summed E-state index contributed by atoms with van der Waals surface area (Å²) in [5.74, 6) is 1.16. The number of nitrogens with one attached hydrogen (secondary N) is 1. The first-order valence-corrected chi connectivity index (χ1v) is 7.55. The van der Waals surface area contributed by atoms with Gasteiger partial charge in [0.05, 0.1) is 0 Å². The molecule has 0 heterocycles. The van der Waals surface area contributed by atoms with Gasteiger partial charge >= 0.3 is 0 Å². The lowest BCUT2D eigenvalue weighted by Gasteiger charge is -2.12. The molecule has 110 valence electrons. The number of halogens is 1. The Bertz CT molecular complexity index is 559. The van der Waals surface area contributed by atoms with Crippen molar-refractivity contribution in [3.05, 3.63) is 59.9 Å². The third-order valence-electron chi connectivity index (χ3n) is 3.92. The summed E-state index contributed by atoms with van der Waals surface area (Å²) in [7, 11) is 0. The molecule has 3 heteroatoms. The van der Waals surface area contributed by atoms with Crippen LogP contribution >= 0.6 is 0 Å². The minimum absolute atomic E-state index is 0.254. The van der Waals surface area contributed by atoms with E-state index in [1.807, 2.05) is 12.1 Å². The molecular formula is C18H20FNO. The zero-order chi connectivity index (χ0) is 14.5. The summed E-state index contributed by atoms with van der Waals surface area (Å²) in [6.07, 6.45) is 5.29. The molecule has 0 radical (unpaired) electrons. The lowest BCUT2D eigenvalue weighted by molar-refractivity contribution is 0.479. The lowest BCUT2D eigenvalue weighted by Crippen LogP contribution is -2.25. The Labute approximate surface area is 125 Å². The van der Waals surface area contributed by atoms with Gasteiger partial charge < -0.3 is 10.1 Å². The molecule has 1 aliphatic carbocycles. The van der Waals surface area contributed by atoms with Crippen LogP contribution in [0.5, 0.6) is 11.5 Å². The molecule has 2 aromatic carbocycles. The molecule has 1 saturated carbocycles. The van der Waals surface area contributed by atoms with E-state index in [0.717, 1.165) is 12.3 Å². The molecule has 2 nitrogen and oxygen atoms in total. The molecule has 0 atom stereocenters. The highest BCUT2D eigenvalue weighted by atomic mass is 19.1. The first-order chi connectivity index (χ1) is 10.3. The number of benzene rings is 2. The van der Waals surface area contributed by atoms with Gasteiger partial charge in [-0.25, -0.2) is 4.39 Å². The molecule has 0 aromatic heterocycles. The molecule has 0 amide bonds. The maximum Gasteiger partial charge on any atom is 0.127 e. The number of rotatable bonds is 5. The Morgan fingerprint density at radius 1 is 0.905 bits per heavy atom. The van der Waals surface area contributed by atoms with Crippen LogP contribution in [0.3, 0.4) is 0 Å². The van der Waals surface area contributed by atoms with Crippen LogP contribution in [-0.2, 0) is 6.54 Å². The second-order valence-corrected chi connectivity index (χ2v) is 5.56. The van der Waals surface area contributed by atoms with Gasteiger partial charge in [0, 0.05) is 12.6 Å². The van der Waals surface area contributed by atoms with Gasteiger partial charge in [-0.3, -0.25) is 0 Å². The minimum Gasteiger partial charge on any atom is -0.457 e. The summed E-state index contributed by atoms with van der Waals surface area (Å²) in [4.78, 5) is 0. The molecule has 0 spiro atoms. The molecule has 21 heavy (non-hydrogen) atoms. The van der Waals surface area contributed by atoms with Crippen molar-refractivity contribution in [2.75, 3.05) is 0 Å². The topological polar surface area (TPSA) is 21.3 Å². The standard InChI is InChI=1S/C18H20FNO/c19-15-7-11-18(12-8-15)21-17-9-5-14(6-10-17)13-20-16-3-1-2-4-16/h5-12,16,20H,1-4,13H2. The molecule has 0 unspecified atom stereocenters. The molecule has 0 saturated heterocycles. The van der Waals surface area contributed by atoms with Crippen LogP contribution < -0.4 is 10.1 Å². The van der Waals surface area contributed by atoms with E-state index in [1.54, 1.807) is 12.1 Å². The maximum atomic E-state index is 12.8. The van der Waals surface area contributed by atoms with Gasteiger partial charge in [-0.05, 0) is 54.8 Å². The summed E-state index contributed by atoms with van der Waals surface area (Å²) in [5.41, 5.74) is 1.26. The van der Waals surface area contributed by atoms with Crippen molar-refractivity contribution >= 4 is 0 Å². The largest absolute Gasteiger partial charge is 0.457 e. The van der Waals surface area contributed by atoms with E-state index in [0.29, 0.717) is 11.8 Å². The number of hydrogen-bond donors (Lipinski definition) is 1. The average Bonchev–Trinajstić information content (AvgIpc) is 3.02. The van der Waals surface area contributed by atoms with Crippen molar-refractivity contribution in [1.29, 1.82) is 0 Å². The summed E-state index contributed by atoms with van der Waals surface area (Å²) in [5, 5.41) is 3.59. The Morgan fingerprint density at radius 2 is 1.48 bits per heavy atom. The van der Waals surface area contributed by atoms with E-state index >= 15 is 0 Å². The molecule has 1 N–H and O–H groups in total. The van der Waals surface area contributed by atoms with E-state index in [9.17, 15) is 4.39 Å². The van der Waals surface area contributed by atoms with Crippen LogP contribution in [0, 0.1) is 5.82 Å². The SMILES string of the molecule is Fc1ccc(Oc2ccc(CNC3CCCC3)cc2)cc1. The quantitative estimate of drug-likeness (QED) is 0.863. The van der Waals surface area contributed by atoms with Crippen LogP contribution in [0.25, 0.3) is 0 Å². The smallest absolute Gasteiger partial charge is 0.127 e. The predicted octanol–water partition coefficient (Wildman–Crippen LogP) is 4.65. The van der Waals surface area contributed by atoms with E-state index in [2.05, 4.69) is 17.4 Å². The third-order valence-corrected chi connectivity index (χ3v) is 3.92. The van der Waals surface area contributed by atoms with Crippen LogP contribution in [0.2, 0.25) is 0 Å². The van der Waals surface area contributed by atoms with Crippen molar-refractivity contribution in [2.45, 2.75) is 38.3 Å². The molecular weight excluding hydrogens is 265 g/mol. The van der Waals surface area contributed by atoms with E-state index in [1.165, 1.54) is 43.4 Å². The van der Waals surface area contributed by atoms with Crippen molar-refractivity contribution < 1.29 is 9.13 Å². The first-order valence-electron chi connectivity index (χ1n) is 7.55. The monoisotopic (exact) mass is 285 g/mol. The van der Waals surface area contributed by atoms with Crippen LogP contribution in [0.4, 0.5) is 4.39 Å². The molecule has 1 aliphatic rings.